The summed E-state index contributed by atoms with van der Waals surface area (Å²) in [4.78, 5) is 30.2. The average molecular weight is 403 g/mol. The van der Waals surface area contributed by atoms with Crippen molar-refractivity contribution in [3.05, 3.63) is 54.4 Å². The predicted molar refractivity (Wildman–Crippen MR) is 113 cm³/mol. The minimum atomic E-state index is -0.0946. The second-order valence-corrected chi connectivity index (χ2v) is 7.32. The van der Waals surface area contributed by atoms with Crippen molar-refractivity contribution in [2.75, 3.05) is 23.1 Å². The van der Waals surface area contributed by atoms with Crippen LogP contribution in [0, 0.1) is 0 Å². The molecule has 3 aromatic rings. The second-order valence-electron chi connectivity index (χ2n) is 7.32. The third kappa shape index (κ3) is 3.34. The molecule has 152 valence electrons. The predicted octanol–water partition coefficient (Wildman–Crippen LogP) is 3.44. The summed E-state index contributed by atoms with van der Waals surface area (Å²) in [5.74, 6) is 2.14. The third-order valence-electron chi connectivity index (χ3n) is 5.16. The zero-order chi connectivity index (χ0) is 20.7. The number of urea groups is 1. The zero-order valence-corrected chi connectivity index (χ0v) is 16.4. The molecule has 2 amide bonds. The largest absolute Gasteiger partial charge is 0.495 e. The van der Waals surface area contributed by atoms with Crippen molar-refractivity contribution in [1.29, 1.82) is 0 Å². The standard InChI is InChI=1S/C21H21N7O2/c1-30-17-7-8-18(23-11-17)25-20-24-10-13-12-27(15-5-6-15)21(29)28(19(13)26-20)16-4-2-3-14(22)9-16/h2-4,7-11,15H,5-6,12,22H2,1H3,(H,23,24,25,26). The summed E-state index contributed by atoms with van der Waals surface area (Å²) in [6.45, 7) is 0.499. The van der Waals surface area contributed by atoms with Crippen LogP contribution in [0.25, 0.3) is 0 Å². The maximum atomic E-state index is 13.3. The number of pyridine rings is 1. The summed E-state index contributed by atoms with van der Waals surface area (Å²) in [6, 6.07) is 11.0. The molecule has 1 saturated carbocycles. The van der Waals surface area contributed by atoms with Gasteiger partial charge in [0, 0.05) is 23.5 Å². The van der Waals surface area contributed by atoms with Crippen LogP contribution in [0.15, 0.2) is 48.8 Å². The van der Waals surface area contributed by atoms with Crippen LogP contribution in [-0.4, -0.2) is 39.0 Å². The molecule has 0 saturated heterocycles. The van der Waals surface area contributed by atoms with Crippen LogP contribution in [0.4, 0.5) is 33.8 Å². The number of nitrogens with zero attached hydrogens (tertiary/aromatic N) is 5. The lowest BCUT2D eigenvalue weighted by Crippen LogP contribution is -2.46. The third-order valence-corrected chi connectivity index (χ3v) is 5.16. The van der Waals surface area contributed by atoms with E-state index in [2.05, 4.69) is 20.3 Å². The lowest BCUT2D eigenvalue weighted by Gasteiger charge is -2.36. The minimum absolute atomic E-state index is 0.0946. The highest BCUT2D eigenvalue weighted by Crippen LogP contribution is 2.39. The van der Waals surface area contributed by atoms with E-state index in [1.165, 1.54) is 0 Å². The van der Waals surface area contributed by atoms with Crippen LogP contribution in [0.5, 0.6) is 5.75 Å². The van der Waals surface area contributed by atoms with E-state index in [0.29, 0.717) is 41.3 Å². The Balaban J connectivity index is 1.52. The monoisotopic (exact) mass is 403 g/mol. The molecule has 1 aliphatic carbocycles. The van der Waals surface area contributed by atoms with E-state index in [4.69, 9.17) is 10.5 Å². The van der Waals surface area contributed by atoms with Crippen LogP contribution < -0.4 is 20.7 Å². The Bertz CT molecular complexity index is 1100. The number of carbonyl (C=O) groups is 1. The number of nitrogen functional groups attached to an aromatic ring is 1. The van der Waals surface area contributed by atoms with Gasteiger partial charge in [0.25, 0.3) is 0 Å². The Hall–Kier alpha value is -3.88. The van der Waals surface area contributed by atoms with Crippen LogP contribution in [0.1, 0.15) is 18.4 Å². The van der Waals surface area contributed by atoms with Crippen LogP contribution in [0.2, 0.25) is 0 Å². The molecule has 0 radical (unpaired) electrons. The van der Waals surface area contributed by atoms with Gasteiger partial charge in [-0.2, -0.15) is 4.98 Å². The molecule has 2 aromatic heterocycles. The quantitative estimate of drug-likeness (QED) is 0.628. The molecule has 1 fully saturated rings. The summed E-state index contributed by atoms with van der Waals surface area (Å²) >= 11 is 0. The molecule has 1 aromatic carbocycles. The number of nitrogens with one attached hydrogen (secondary N) is 1. The van der Waals surface area contributed by atoms with Crippen LogP contribution >= 0.6 is 0 Å². The normalized spacial score (nSPS) is 15.7. The van der Waals surface area contributed by atoms with Gasteiger partial charge in [-0.1, -0.05) is 6.07 Å². The molecule has 5 rings (SSSR count). The number of aromatic nitrogens is 3. The first-order valence-corrected chi connectivity index (χ1v) is 9.71. The Labute approximate surface area is 173 Å². The first-order valence-electron chi connectivity index (χ1n) is 9.71. The number of amides is 2. The van der Waals surface area contributed by atoms with Gasteiger partial charge in [-0.05, 0) is 43.2 Å². The van der Waals surface area contributed by atoms with Crippen molar-refractivity contribution in [2.24, 2.45) is 0 Å². The van der Waals surface area contributed by atoms with Gasteiger partial charge in [-0.3, -0.25) is 0 Å². The van der Waals surface area contributed by atoms with E-state index in [-0.39, 0.29) is 12.1 Å². The van der Waals surface area contributed by atoms with E-state index in [9.17, 15) is 4.79 Å². The van der Waals surface area contributed by atoms with Crippen molar-refractivity contribution >= 4 is 35.0 Å². The van der Waals surface area contributed by atoms with Gasteiger partial charge in [0.1, 0.15) is 11.6 Å². The van der Waals surface area contributed by atoms with Gasteiger partial charge in [-0.25, -0.2) is 19.7 Å². The molecule has 30 heavy (non-hydrogen) atoms. The average Bonchev–Trinajstić information content (AvgIpc) is 3.59. The molecule has 1 aliphatic heterocycles. The number of rotatable bonds is 5. The van der Waals surface area contributed by atoms with E-state index in [0.717, 1.165) is 18.4 Å². The lowest BCUT2D eigenvalue weighted by atomic mass is 10.1. The summed E-state index contributed by atoms with van der Waals surface area (Å²) in [5, 5.41) is 3.08. The van der Waals surface area contributed by atoms with Crippen LogP contribution in [-0.2, 0) is 6.54 Å². The highest BCUT2D eigenvalue weighted by Gasteiger charge is 2.41. The zero-order valence-electron chi connectivity index (χ0n) is 16.4. The number of hydrogen-bond donors (Lipinski definition) is 2. The van der Waals surface area contributed by atoms with Gasteiger partial charge in [0.05, 0.1) is 25.5 Å². The van der Waals surface area contributed by atoms with E-state index in [1.54, 1.807) is 48.7 Å². The van der Waals surface area contributed by atoms with E-state index in [1.807, 2.05) is 17.0 Å². The molecule has 0 spiro atoms. The number of benzene rings is 1. The fraction of sp³-hybridized carbons (Fsp3) is 0.238. The Morgan fingerprint density at radius 3 is 2.73 bits per heavy atom. The van der Waals surface area contributed by atoms with Crippen molar-refractivity contribution in [3.8, 4) is 5.75 Å². The molecular formula is C21H21N7O2. The molecule has 9 heteroatoms. The summed E-state index contributed by atoms with van der Waals surface area (Å²) in [7, 11) is 1.59. The highest BCUT2D eigenvalue weighted by atomic mass is 16.5. The number of carbonyl (C=O) groups excluding carboxylic acids is 1. The summed E-state index contributed by atoms with van der Waals surface area (Å²) in [6.07, 6.45) is 5.41. The number of methoxy groups -OCH3 is 1. The maximum absolute atomic E-state index is 13.3. The summed E-state index contributed by atoms with van der Waals surface area (Å²) < 4.78 is 5.13. The van der Waals surface area contributed by atoms with Gasteiger partial charge >= 0.3 is 6.03 Å². The van der Waals surface area contributed by atoms with Gasteiger partial charge in [-0.15, -0.1) is 0 Å². The first-order chi connectivity index (χ1) is 14.6. The molecule has 0 bridgehead atoms. The lowest BCUT2D eigenvalue weighted by molar-refractivity contribution is 0.198. The SMILES string of the molecule is COc1ccc(Nc2ncc3c(n2)N(c2cccc(N)c2)C(=O)N(C2CC2)C3)nc1. The van der Waals surface area contributed by atoms with Crippen molar-refractivity contribution in [1.82, 2.24) is 19.9 Å². The molecule has 9 nitrogen and oxygen atoms in total. The van der Waals surface area contributed by atoms with Gasteiger partial charge in [0.15, 0.2) is 5.82 Å². The number of anilines is 5. The number of fused-ring (bicyclic) bond motifs is 1. The topological polar surface area (TPSA) is 110 Å². The molecule has 0 atom stereocenters. The second kappa shape index (κ2) is 7.18. The molecule has 0 unspecified atom stereocenters. The molecule has 2 aliphatic rings. The maximum Gasteiger partial charge on any atom is 0.330 e. The van der Waals surface area contributed by atoms with Crippen molar-refractivity contribution < 1.29 is 9.53 Å². The summed E-state index contributed by atoms with van der Waals surface area (Å²) in [5.41, 5.74) is 8.13. The fourth-order valence-corrected chi connectivity index (χ4v) is 3.49. The van der Waals surface area contributed by atoms with Crippen molar-refractivity contribution in [3.63, 3.8) is 0 Å². The Kier molecular flexibility index (Phi) is 4.35. The Morgan fingerprint density at radius 1 is 1.17 bits per heavy atom. The smallest absolute Gasteiger partial charge is 0.330 e. The minimum Gasteiger partial charge on any atom is -0.495 e. The van der Waals surface area contributed by atoms with Gasteiger partial charge in [0.2, 0.25) is 5.95 Å². The molecule has 3 N–H and O–H groups in total. The number of nitrogens with two attached hydrogens (primary N) is 1. The molecule has 3 heterocycles. The number of ether oxygens (including phenoxy) is 1. The molecular weight excluding hydrogens is 382 g/mol. The first kappa shape index (κ1) is 18.2. The van der Waals surface area contributed by atoms with E-state index < -0.39 is 0 Å². The highest BCUT2D eigenvalue weighted by molar-refractivity contribution is 6.01. The van der Waals surface area contributed by atoms with Crippen molar-refractivity contribution in [2.45, 2.75) is 25.4 Å². The van der Waals surface area contributed by atoms with E-state index >= 15 is 0 Å². The fourth-order valence-electron chi connectivity index (χ4n) is 3.49. The van der Waals surface area contributed by atoms with Gasteiger partial charge < -0.3 is 20.7 Å². The number of hydrogen-bond acceptors (Lipinski definition) is 7. The van der Waals surface area contributed by atoms with Crippen LogP contribution in [0.3, 0.4) is 0 Å². The Morgan fingerprint density at radius 2 is 2.03 bits per heavy atom.